The highest BCUT2D eigenvalue weighted by Crippen LogP contribution is 2.36. The van der Waals surface area contributed by atoms with Gasteiger partial charge in [0.25, 0.3) is 0 Å². The fourth-order valence-electron chi connectivity index (χ4n) is 1.99. The lowest BCUT2D eigenvalue weighted by atomic mass is 9.97. The first-order chi connectivity index (χ1) is 6.79. The number of benzene rings is 1. The van der Waals surface area contributed by atoms with E-state index in [2.05, 4.69) is 38.1 Å². The Kier molecular flexibility index (Phi) is 2.90. The number of hydrogen-bond donors (Lipinski definition) is 0. The van der Waals surface area contributed by atoms with Crippen molar-refractivity contribution in [3.63, 3.8) is 0 Å². The molecule has 14 heavy (non-hydrogen) atoms. The van der Waals surface area contributed by atoms with Gasteiger partial charge in [-0.05, 0) is 29.4 Å². The van der Waals surface area contributed by atoms with Gasteiger partial charge in [0, 0.05) is 0 Å². The van der Waals surface area contributed by atoms with E-state index >= 15 is 0 Å². The minimum Gasteiger partial charge on any atom is -0.0620 e. The van der Waals surface area contributed by atoms with Crippen molar-refractivity contribution in [1.29, 1.82) is 0 Å². The van der Waals surface area contributed by atoms with Crippen LogP contribution in [0.1, 0.15) is 50.2 Å². The molecule has 1 fully saturated rings. The molecule has 1 aromatic carbocycles. The molecule has 0 saturated heterocycles. The summed E-state index contributed by atoms with van der Waals surface area (Å²) in [5.41, 5.74) is 3.13. The Hall–Kier alpha value is -0.780. The lowest BCUT2D eigenvalue weighted by Crippen LogP contribution is -1.97. The van der Waals surface area contributed by atoms with Crippen LogP contribution in [0.3, 0.4) is 0 Å². The zero-order chi connectivity index (χ0) is 9.97. The third-order valence-electron chi connectivity index (χ3n) is 3.29. The molecule has 0 amide bonds. The predicted octanol–water partition coefficient (Wildman–Crippen LogP) is 4.15. The SMILES string of the molecule is C1CC1.CC1Cc2ccccc2C1C. The first-order valence-electron chi connectivity index (χ1n) is 5.87. The normalized spacial score (nSPS) is 27.6. The smallest absolute Gasteiger partial charge is 0.0159 e. The Balaban J connectivity index is 0.000000214. The maximum absolute atomic E-state index is 2.34. The van der Waals surface area contributed by atoms with Crippen LogP contribution in [-0.4, -0.2) is 0 Å². The molecule has 0 bridgehead atoms. The molecule has 2 aliphatic rings. The van der Waals surface area contributed by atoms with Gasteiger partial charge in [0.2, 0.25) is 0 Å². The van der Waals surface area contributed by atoms with Crippen molar-refractivity contribution in [2.75, 3.05) is 0 Å². The average molecular weight is 188 g/mol. The maximum Gasteiger partial charge on any atom is -0.0159 e. The van der Waals surface area contributed by atoms with Crippen molar-refractivity contribution in [3.05, 3.63) is 35.4 Å². The van der Waals surface area contributed by atoms with Gasteiger partial charge in [0.05, 0.1) is 0 Å². The summed E-state index contributed by atoms with van der Waals surface area (Å²) in [5.74, 6) is 1.61. The highest BCUT2D eigenvalue weighted by atomic mass is 14.3. The zero-order valence-corrected chi connectivity index (χ0v) is 9.29. The molecule has 0 heteroatoms. The van der Waals surface area contributed by atoms with E-state index in [1.54, 1.807) is 11.1 Å². The third-order valence-corrected chi connectivity index (χ3v) is 3.29. The molecule has 2 unspecified atom stereocenters. The average Bonchev–Trinajstić information content (AvgIpc) is 3.02. The molecule has 2 atom stereocenters. The molecule has 0 N–H and O–H groups in total. The number of rotatable bonds is 0. The second kappa shape index (κ2) is 4.16. The van der Waals surface area contributed by atoms with Gasteiger partial charge >= 0.3 is 0 Å². The number of fused-ring (bicyclic) bond motifs is 1. The van der Waals surface area contributed by atoms with Crippen LogP contribution in [0, 0.1) is 5.92 Å². The molecule has 76 valence electrons. The van der Waals surface area contributed by atoms with E-state index in [1.807, 2.05) is 0 Å². The Morgan fingerprint density at radius 1 is 1.00 bits per heavy atom. The summed E-state index contributed by atoms with van der Waals surface area (Å²) in [7, 11) is 0. The molecule has 0 aliphatic heterocycles. The fraction of sp³-hybridized carbons (Fsp3) is 0.571. The van der Waals surface area contributed by atoms with Crippen molar-refractivity contribution < 1.29 is 0 Å². The monoisotopic (exact) mass is 188 g/mol. The highest BCUT2D eigenvalue weighted by Gasteiger charge is 2.24. The summed E-state index contributed by atoms with van der Waals surface area (Å²) in [6, 6.07) is 8.82. The molecular weight excluding hydrogens is 168 g/mol. The molecule has 2 aliphatic carbocycles. The van der Waals surface area contributed by atoms with Crippen molar-refractivity contribution >= 4 is 0 Å². The van der Waals surface area contributed by atoms with Crippen LogP contribution in [0.5, 0.6) is 0 Å². The third kappa shape index (κ3) is 2.17. The van der Waals surface area contributed by atoms with E-state index in [9.17, 15) is 0 Å². The maximum atomic E-state index is 2.34. The van der Waals surface area contributed by atoms with E-state index in [4.69, 9.17) is 0 Å². The summed E-state index contributed by atoms with van der Waals surface area (Å²) >= 11 is 0. The molecule has 0 aromatic heterocycles. The van der Waals surface area contributed by atoms with Gasteiger partial charge in [-0.25, -0.2) is 0 Å². The largest absolute Gasteiger partial charge is 0.0620 e. The van der Waals surface area contributed by atoms with E-state index in [0.29, 0.717) is 0 Å². The van der Waals surface area contributed by atoms with Crippen LogP contribution in [0.4, 0.5) is 0 Å². The summed E-state index contributed by atoms with van der Waals surface area (Å²) < 4.78 is 0. The van der Waals surface area contributed by atoms with Crippen LogP contribution in [0.2, 0.25) is 0 Å². The molecule has 0 nitrogen and oxygen atoms in total. The topological polar surface area (TPSA) is 0 Å². The molecule has 3 rings (SSSR count). The quantitative estimate of drug-likeness (QED) is 0.573. The van der Waals surface area contributed by atoms with Gasteiger partial charge in [-0.3, -0.25) is 0 Å². The predicted molar refractivity (Wildman–Crippen MR) is 61.6 cm³/mol. The highest BCUT2D eigenvalue weighted by molar-refractivity contribution is 5.35. The zero-order valence-electron chi connectivity index (χ0n) is 9.29. The minimum absolute atomic E-state index is 0.770. The molecule has 0 spiro atoms. The Labute approximate surface area is 87.3 Å². The van der Waals surface area contributed by atoms with Crippen LogP contribution < -0.4 is 0 Å². The van der Waals surface area contributed by atoms with Gasteiger partial charge < -0.3 is 0 Å². The van der Waals surface area contributed by atoms with Crippen molar-refractivity contribution in [2.45, 2.75) is 45.4 Å². The standard InChI is InChI=1S/C11H14.C3H6/c1-8-7-10-5-3-4-6-11(10)9(8)2;1-2-3-1/h3-6,8-9H,7H2,1-2H3;1-3H2. The van der Waals surface area contributed by atoms with Crippen molar-refractivity contribution in [1.82, 2.24) is 0 Å². The van der Waals surface area contributed by atoms with E-state index in [0.717, 1.165) is 11.8 Å². The molecular formula is C14H20. The molecule has 1 aromatic rings. The lowest BCUT2D eigenvalue weighted by Gasteiger charge is -2.08. The van der Waals surface area contributed by atoms with Gasteiger partial charge in [-0.2, -0.15) is 0 Å². The Morgan fingerprint density at radius 3 is 2.21 bits per heavy atom. The molecule has 0 heterocycles. The van der Waals surface area contributed by atoms with Gasteiger partial charge in [0.15, 0.2) is 0 Å². The van der Waals surface area contributed by atoms with Crippen molar-refractivity contribution in [2.24, 2.45) is 5.92 Å². The van der Waals surface area contributed by atoms with Crippen LogP contribution in [0.15, 0.2) is 24.3 Å². The van der Waals surface area contributed by atoms with E-state index in [-0.39, 0.29) is 0 Å². The summed E-state index contributed by atoms with van der Waals surface area (Å²) in [5, 5.41) is 0. The molecule has 0 radical (unpaired) electrons. The van der Waals surface area contributed by atoms with Gasteiger partial charge in [-0.15, -0.1) is 0 Å². The van der Waals surface area contributed by atoms with Gasteiger partial charge in [-0.1, -0.05) is 57.4 Å². The van der Waals surface area contributed by atoms with Crippen molar-refractivity contribution in [3.8, 4) is 0 Å². The minimum atomic E-state index is 0.770. The van der Waals surface area contributed by atoms with Crippen LogP contribution >= 0.6 is 0 Å². The summed E-state index contributed by atoms with van der Waals surface area (Å²) in [6.07, 6.45) is 5.78. The van der Waals surface area contributed by atoms with E-state index < -0.39 is 0 Å². The Morgan fingerprint density at radius 2 is 1.64 bits per heavy atom. The fourth-order valence-corrected chi connectivity index (χ4v) is 1.99. The second-order valence-corrected chi connectivity index (χ2v) is 4.73. The summed E-state index contributed by atoms with van der Waals surface area (Å²) in [4.78, 5) is 0. The lowest BCUT2D eigenvalue weighted by molar-refractivity contribution is 0.532. The van der Waals surface area contributed by atoms with Crippen LogP contribution in [0.25, 0.3) is 0 Å². The molecule has 1 saturated carbocycles. The number of hydrogen-bond acceptors (Lipinski definition) is 0. The van der Waals surface area contributed by atoms with Crippen LogP contribution in [-0.2, 0) is 6.42 Å². The second-order valence-electron chi connectivity index (χ2n) is 4.73. The Bertz CT molecular complexity index is 296. The first kappa shape index (κ1) is 9.76. The van der Waals surface area contributed by atoms with Gasteiger partial charge in [0.1, 0.15) is 0 Å². The van der Waals surface area contributed by atoms with E-state index in [1.165, 1.54) is 25.7 Å². The first-order valence-corrected chi connectivity index (χ1v) is 5.87. The summed E-state index contributed by atoms with van der Waals surface area (Å²) in [6.45, 7) is 4.67.